The molecule has 1 heterocycles. The Bertz CT molecular complexity index is 549. The Kier molecular flexibility index (Phi) is 2.80. The highest BCUT2D eigenvalue weighted by Crippen LogP contribution is 2.28. The molecule has 2 nitrogen and oxygen atoms in total. The number of rotatable bonds is 1. The summed E-state index contributed by atoms with van der Waals surface area (Å²) in [6, 6.07) is 3.74. The average Bonchev–Trinajstić information content (AvgIpc) is 2.50. The van der Waals surface area contributed by atoms with Gasteiger partial charge in [0.05, 0.1) is 0 Å². The quantitative estimate of drug-likeness (QED) is 0.785. The van der Waals surface area contributed by atoms with Crippen molar-refractivity contribution in [1.82, 2.24) is 9.55 Å². The summed E-state index contributed by atoms with van der Waals surface area (Å²) in [6.45, 7) is 1.84. The smallest absolute Gasteiger partial charge is 0.159 e. The number of nitrogens with zero attached hydrogens (tertiary/aromatic N) is 2. The van der Waals surface area contributed by atoms with Gasteiger partial charge in [-0.1, -0.05) is 0 Å². The van der Waals surface area contributed by atoms with E-state index in [0.717, 1.165) is 22.6 Å². The van der Waals surface area contributed by atoms with Gasteiger partial charge < -0.3 is 4.57 Å². The van der Waals surface area contributed by atoms with Gasteiger partial charge in [0.25, 0.3) is 0 Å². The van der Waals surface area contributed by atoms with Crippen LogP contribution >= 0.6 is 15.9 Å². The minimum absolute atomic E-state index is 0.550. The summed E-state index contributed by atoms with van der Waals surface area (Å²) in [4.78, 5) is 4.28. The van der Waals surface area contributed by atoms with Crippen LogP contribution in [0.3, 0.4) is 0 Å². The Hall–Kier alpha value is -1.23. The molecule has 1 aromatic heterocycles. The van der Waals surface area contributed by atoms with Crippen molar-refractivity contribution >= 4 is 15.9 Å². The van der Waals surface area contributed by atoms with Gasteiger partial charge in [-0.2, -0.15) is 0 Å². The van der Waals surface area contributed by atoms with Gasteiger partial charge in [0.2, 0.25) is 0 Å². The molecule has 0 saturated heterocycles. The molecule has 0 radical (unpaired) electrons. The van der Waals surface area contributed by atoms with E-state index in [1.54, 1.807) is 0 Å². The van der Waals surface area contributed by atoms with Gasteiger partial charge in [0.15, 0.2) is 11.6 Å². The SMILES string of the molecule is Cc1nc(-c2ccc(F)c(F)c2)c(Br)n1C. The van der Waals surface area contributed by atoms with Gasteiger partial charge in [-0.05, 0) is 41.1 Å². The van der Waals surface area contributed by atoms with Crippen molar-refractivity contribution in [2.75, 3.05) is 0 Å². The summed E-state index contributed by atoms with van der Waals surface area (Å²) < 4.78 is 28.4. The van der Waals surface area contributed by atoms with Crippen LogP contribution in [0.2, 0.25) is 0 Å². The molecule has 1 aromatic carbocycles. The average molecular weight is 287 g/mol. The second kappa shape index (κ2) is 3.97. The summed E-state index contributed by atoms with van der Waals surface area (Å²) in [7, 11) is 1.84. The summed E-state index contributed by atoms with van der Waals surface area (Å²) in [5.74, 6) is -0.924. The molecular formula is C11H9BrF2N2. The third-order valence-electron chi connectivity index (χ3n) is 2.44. The minimum Gasteiger partial charge on any atom is -0.326 e. The fraction of sp³-hybridized carbons (Fsp3) is 0.182. The van der Waals surface area contributed by atoms with E-state index in [1.165, 1.54) is 6.07 Å². The molecule has 0 fully saturated rings. The lowest BCUT2D eigenvalue weighted by atomic mass is 10.1. The van der Waals surface area contributed by atoms with Gasteiger partial charge in [0.1, 0.15) is 16.1 Å². The van der Waals surface area contributed by atoms with Gasteiger partial charge in [-0.15, -0.1) is 0 Å². The molecule has 0 unspecified atom stereocenters. The molecule has 0 saturated carbocycles. The van der Waals surface area contributed by atoms with Crippen molar-refractivity contribution in [1.29, 1.82) is 0 Å². The minimum atomic E-state index is -0.868. The third-order valence-corrected chi connectivity index (χ3v) is 3.35. The van der Waals surface area contributed by atoms with E-state index in [9.17, 15) is 8.78 Å². The van der Waals surface area contributed by atoms with Crippen molar-refractivity contribution in [2.45, 2.75) is 6.92 Å². The number of benzene rings is 1. The van der Waals surface area contributed by atoms with Crippen LogP contribution < -0.4 is 0 Å². The molecule has 0 amide bonds. The van der Waals surface area contributed by atoms with Crippen LogP contribution in [-0.2, 0) is 7.05 Å². The molecule has 2 rings (SSSR count). The lowest BCUT2D eigenvalue weighted by Crippen LogP contribution is -1.90. The molecule has 5 heteroatoms. The zero-order chi connectivity index (χ0) is 11.9. The van der Waals surface area contributed by atoms with Gasteiger partial charge in [-0.3, -0.25) is 0 Å². The monoisotopic (exact) mass is 286 g/mol. The zero-order valence-corrected chi connectivity index (χ0v) is 10.3. The van der Waals surface area contributed by atoms with Crippen molar-refractivity contribution < 1.29 is 8.78 Å². The van der Waals surface area contributed by atoms with Gasteiger partial charge in [-0.25, -0.2) is 13.8 Å². The maximum atomic E-state index is 13.1. The molecule has 84 valence electrons. The topological polar surface area (TPSA) is 17.8 Å². The maximum absolute atomic E-state index is 13.1. The normalized spacial score (nSPS) is 10.8. The van der Waals surface area contributed by atoms with Crippen LogP contribution in [-0.4, -0.2) is 9.55 Å². The first-order valence-electron chi connectivity index (χ1n) is 4.65. The summed E-state index contributed by atoms with van der Waals surface area (Å²) >= 11 is 3.37. The molecule has 0 aliphatic heterocycles. The molecule has 0 bridgehead atoms. The fourth-order valence-electron chi connectivity index (χ4n) is 1.41. The molecule has 0 atom stereocenters. The highest BCUT2D eigenvalue weighted by atomic mass is 79.9. The lowest BCUT2D eigenvalue weighted by molar-refractivity contribution is 0.509. The Morgan fingerprint density at radius 2 is 1.94 bits per heavy atom. The molecule has 2 aromatic rings. The van der Waals surface area contributed by atoms with Crippen LogP contribution in [0, 0.1) is 18.6 Å². The van der Waals surface area contributed by atoms with Crippen LogP contribution in [0.25, 0.3) is 11.3 Å². The summed E-state index contributed by atoms with van der Waals surface area (Å²) in [5, 5.41) is 0. The van der Waals surface area contributed by atoms with Crippen LogP contribution in [0.5, 0.6) is 0 Å². The predicted molar refractivity (Wildman–Crippen MR) is 61.0 cm³/mol. The molecule has 0 spiro atoms. The standard InChI is InChI=1S/C11H9BrF2N2/c1-6-15-10(11(12)16(6)2)7-3-4-8(13)9(14)5-7/h3-5H,1-2H3. The summed E-state index contributed by atoms with van der Waals surface area (Å²) in [6.07, 6.45) is 0. The number of hydrogen-bond donors (Lipinski definition) is 0. The van der Waals surface area contributed by atoms with Crippen molar-refractivity contribution in [3.05, 3.63) is 40.3 Å². The fourth-order valence-corrected chi connectivity index (χ4v) is 1.99. The van der Waals surface area contributed by atoms with Crippen molar-refractivity contribution in [2.24, 2.45) is 7.05 Å². The van der Waals surface area contributed by atoms with E-state index in [2.05, 4.69) is 20.9 Å². The van der Waals surface area contributed by atoms with E-state index in [-0.39, 0.29) is 0 Å². The third kappa shape index (κ3) is 1.75. The Morgan fingerprint density at radius 3 is 2.44 bits per heavy atom. The van der Waals surface area contributed by atoms with Crippen molar-refractivity contribution in [3.63, 3.8) is 0 Å². The van der Waals surface area contributed by atoms with E-state index in [1.807, 2.05) is 18.5 Å². The zero-order valence-electron chi connectivity index (χ0n) is 8.76. The molecular weight excluding hydrogens is 278 g/mol. The Labute approximate surface area is 100 Å². The molecule has 0 aliphatic rings. The van der Waals surface area contributed by atoms with Crippen molar-refractivity contribution in [3.8, 4) is 11.3 Å². The molecule has 16 heavy (non-hydrogen) atoms. The second-order valence-corrected chi connectivity index (χ2v) is 4.24. The van der Waals surface area contributed by atoms with Gasteiger partial charge in [0, 0.05) is 12.6 Å². The van der Waals surface area contributed by atoms with E-state index in [0.29, 0.717) is 11.3 Å². The predicted octanol–water partition coefficient (Wildman–Crippen LogP) is 3.44. The van der Waals surface area contributed by atoms with Crippen LogP contribution in [0.1, 0.15) is 5.82 Å². The number of hydrogen-bond acceptors (Lipinski definition) is 1. The summed E-state index contributed by atoms with van der Waals surface area (Å²) in [5.41, 5.74) is 1.16. The van der Waals surface area contributed by atoms with Crippen LogP contribution in [0.4, 0.5) is 8.78 Å². The second-order valence-electron chi connectivity index (χ2n) is 3.49. The Morgan fingerprint density at radius 1 is 1.25 bits per heavy atom. The van der Waals surface area contributed by atoms with E-state index < -0.39 is 11.6 Å². The first kappa shape index (κ1) is 11.3. The number of aryl methyl sites for hydroxylation is 1. The molecule has 0 N–H and O–H groups in total. The lowest BCUT2D eigenvalue weighted by Gasteiger charge is -2.00. The first-order valence-corrected chi connectivity index (χ1v) is 5.44. The number of halogens is 3. The van der Waals surface area contributed by atoms with E-state index >= 15 is 0 Å². The Balaban J connectivity index is 2.59. The number of aromatic nitrogens is 2. The van der Waals surface area contributed by atoms with Gasteiger partial charge >= 0.3 is 0 Å². The van der Waals surface area contributed by atoms with Crippen LogP contribution in [0.15, 0.2) is 22.8 Å². The number of imidazole rings is 1. The maximum Gasteiger partial charge on any atom is 0.159 e. The first-order chi connectivity index (χ1) is 7.50. The highest BCUT2D eigenvalue weighted by Gasteiger charge is 2.13. The molecule has 0 aliphatic carbocycles. The largest absolute Gasteiger partial charge is 0.326 e. The van der Waals surface area contributed by atoms with E-state index in [4.69, 9.17) is 0 Å². The highest BCUT2D eigenvalue weighted by molar-refractivity contribution is 9.10.